The number of aromatic amines is 1. The predicted molar refractivity (Wildman–Crippen MR) is 72.2 cm³/mol. The lowest BCUT2D eigenvalue weighted by molar-refractivity contribution is 0.269. The van der Waals surface area contributed by atoms with Crippen LogP contribution in [0.1, 0.15) is 0 Å². The molecule has 0 radical (unpaired) electrons. The number of hydrogen-bond acceptors (Lipinski definition) is 4. The molecule has 0 aliphatic heterocycles. The number of rotatable bonds is 3. The van der Waals surface area contributed by atoms with Crippen molar-refractivity contribution in [2.24, 2.45) is 0 Å². The molecule has 1 aromatic heterocycles. The van der Waals surface area contributed by atoms with Crippen LogP contribution in [0.4, 0.5) is 10.7 Å². The fraction of sp³-hybridized carbons (Fsp3) is 0.0909. The molecule has 1 atom stereocenters. The topological polar surface area (TPSA) is 74.8 Å². The number of thioether (sulfide) groups is 1. The van der Waals surface area contributed by atoms with Gasteiger partial charge in [0.05, 0.1) is 0 Å². The van der Waals surface area contributed by atoms with Crippen LogP contribution in [0.5, 0.6) is 0 Å². The smallest absolute Gasteiger partial charge is 0.290 e. The Morgan fingerprint density at radius 2 is 2.11 bits per heavy atom. The van der Waals surface area contributed by atoms with Crippen molar-refractivity contribution in [3.8, 4) is 0 Å². The lowest BCUT2D eigenvalue weighted by Crippen LogP contribution is -2.05. The van der Waals surface area contributed by atoms with Gasteiger partial charge in [0, 0.05) is 39.2 Å². The van der Waals surface area contributed by atoms with Crippen LogP contribution in [0.2, 0.25) is 0 Å². The molecule has 1 unspecified atom stereocenters. The van der Waals surface area contributed by atoms with Crippen molar-refractivity contribution in [3.05, 3.63) is 36.7 Å². The molecule has 0 spiro atoms. The van der Waals surface area contributed by atoms with E-state index in [4.69, 9.17) is 0 Å². The van der Waals surface area contributed by atoms with E-state index in [1.165, 1.54) is 0 Å². The maximum Gasteiger partial charge on any atom is 0.290 e. The Bertz CT molecular complexity index is 552. The van der Waals surface area contributed by atoms with Gasteiger partial charge in [-0.1, -0.05) is 0 Å². The van der Waals surface area contributed by atoms with Crippen molar-refractivity contribution in [2.45, 2.75) is 9.79 Å². The van der Waals surface area contributed by atoms with Gasteiger partial charge in [-0.3, -0.25) is 14.3 Å². The maximum atomic E-state index is 11.6. The molecule has 0 saturated carbocycles. The van der Waals surface area contributed by atoms with Crippen LogP contribution in [-0.2, 0) is 10.8 Å². The number of hydrogen-bond donors (Lipinski definition) is 2. The number of aromatic nitrogens is 2. The highest BCUT2D eigenvalue weighted by molar-refractivity contribution is 8.13. The van der Waals surface area contributed by atoms with Gasteiger partial charge in [-0.05, 0) is 36.0 Å². The van der Waals surface area contributed by atoms with E-state index in [1.54, 1.807) is 42.9 Å². The first-order valence-corrected chi connectivity index (χ1v) is 7.44. The largest absolute Gasteiger partial charge is 0.331 e. The SMILES string of the molecule is CS(=O)c1ccc(SC(=O)Nc2ncc[nH]2)cc1. The lowest BCUT2D eigenvalue weighted by Gasteiger charge is -2.02. The first-order chi connectivity index (χ1) is 8.65. The molecular weight excluding hydrogens is 270 g/mol. The molecule has 1 amide bonds. The Labute approximate surface area is 111 Å². The van der Waals surface area contributed by atoms with Gasteiger partial charge in [0.25, 0.3) is 5.24 Å². The summed E-state index contributed by atoms with van der Waals surface area (Å²) in [5.41, 5.74) is 0. The molecule has 5 nitrogen and oxygen atoms in total. The average molecular weight is 281 g/mol. The molecule has 0 saturated heterocycles. The predicted octanol–water partition coefficient (Wildman–Crippen LogP) is 2.47. The van der Waals surface area contributed by atoms with Crippen LogP contribution in [0, 0.1) is 0 Å². The number of amides is 1. The average Bonchev–Trinajstić information content (AvgIpc) is 2.82. The summed E-state index contributed by atoms with van der Waals surface area (Å²) in [6, 6.07) is 7.03. The van der Waals surface area contributed by atoms with Crippen molar-refractivity contribution in [1.82, 2.24) is 9.97 Å². The Morgan fingerprint density at radius 3 is 2.67 bits per heavy atom. The number of nitrogens with zero attached hydrogens (tertiary/aromatic N) is 1. The Balaban J connectivity index is 1.97. The zero-order valence-corrected chi connectivity index (χ0v) is 11.2. The van der Waals surface area contributed by atoms with Gasteiger partial charge >= 0.3 is 0 Å². The second-order valence-corrected chi connectivity index (χ2v) is 5.80. The minimum atomic E-state index is -1.00. The van der Waals surface area contributed by atoms with Crippen LogP contribution in [0.25, 0.3) is 0 Å². The third-order valence-electron chi connectivity index (χ3n) is 2.08. The van der Waals surface area contributed by atoms with Crippen molar-refractivity contribution in [3.63, 3.8) is 0 Å². The summed E-state index contributed by atoms with van der Waals surface area (Å²) >= 11 is 1.05. The Hall–Kier alpha value is -1.60. The highest BCUT2D eigenvalue weighted by Gasteiger charge is 2.06. The number of nitrogens with one attached hydrogen (secondary N) is 2. The number of benzene rings is 1. The van der Waals surface area contributed by atoms with Crippen molar-refractivity contribution in [2.75, 3.05) is 11.6 Å². The molecule has 0 aliphatic carbocycles. The minimum absolute atomic E-state index is 0.227. The van der Waals surface area contributed by atoms with Gasteiger partial charge in [-0.15, -0.1) is 0 Å². The quantitative estimate of drug-likeness (QED) is 0.847. The highest BCUT2D eigenvalue weighted by Crippen LogP contribution is 2.21. The summed E-state index contributed by atoms with van der Waals surface area (Å²) in [6.45, 7) is 0. The summed E-state index contributed by atoms with van der Waals surface area (Å²) in [5, 5.41) is 2.38. The lowest BCUT2D eigenvalue weighted by atomic mass is 10.4. The third kappa shape index (κ3) is 3.44. The van der Waals surface area contributed by atoms with Crippen LogP contribution in [-0.4, -0.2) is 25.7 Å². The van der Waals surface area contributed by atoms with Crippen molar-refractivity contribution >= 4 is 33.7 Å². The fourth-order valence-electron chi connectivity index (χ4n) is 1.26. The molecule has 94 valence electrons. The van der Waals surface area contributed by atoms with Gasteiger partial charge in [0.2, 0.25) is 5.95 Å². The molecule has 1 aromatic carbocycles. The van der Waals surface area contributed by atoms with Gasteiger partial charge in [0.1, 0.15) is 0 Å². The Kier molecular flexibility index (Phi) is 4.16. The van der Waals surface area contributed by atoms with E-state index in [1.807, 2.05) is 0 Å². The molecule has 2 aromatic rings. The standard InChI is InChI=1S/C11H11N3O2S2/c1-18(16)9-4-2-8(3-5-9)17-11(15)14-10-12-6-7-13-10/h2-7H,1H3,(H2,12,13,14,15). The molecule has 2 N–H and O–H groups in total. The molecular formula is C11H11N3O2S2. The minimum Gasteiger partial charge on any atom is -0.331 e. The van der Waals surface area contributed by atoms with E-state index in [0.29, 0.717) is 5.95 Å². The van der Waals surface area contributed by atoms with Crippen LogP contribution >= 0.6 is 11.8 Å². The summed E-state index contributed by atoms with van der Waals surface area (Å²) in [4.78, 5) is 19.8. The normalized spacial score (nSPS) is 12.1. The monoisotopic (exact) mass is 281 g/mol. The van der Waals surface area contributed by atoms with Gasteiger partial charge in [0.15, 0.2) is 0 Å². The first-order valence-electron chi connectivity index (χ1n) is 5.07. The number of imidazole rings is 1. The van der Waals surface area contributed by atoms with E-state index in [2.05, 4.69) is 15.3 Å². The van der Waals surface area contributed by atoms with E-state index < -0.39 is 10.8 Å². The summed E-state index contributed by atoms with van der Waals surface area (Å²) in [5.74, 6) is 0.416. The van der Waals surface area contributed by atoms with Crippen molar-refractivity contribution < 1.29 is 9.00 Å². The molecule has 18 heavy (non-hydrogen) atoms. The van der Waals surface area contributed by atoms with E-state index in [-0.39, 0.29) is 5.24 Å². The zero-order chi connectivity index (χ0) is 13.0. The molecule has 7 heteroatoms. The van der Waals surface area contributed by atoms with Crippen LogP contribution in [0.15, 0.2) is 46.5 Å². The second kappa shape index (κ2) is 5.83. The number of carbonyl (C=O) groups is 1. The molecule has 0 aliphatic rings. The summed E-state index contributed by atoms with van der Waals surface area (Å²) in [7, 11) is -1.00. The van der Waals surface area contributed by atoms with Crippen LogP contribution in [0.3, 0.4) is 0 Å². The van der Waals surface area contributed by atoms with E-state index in [0.717, 1.165) is 21.6 Å². The zero-order valence-electron chi connectivity index (χ0n) is 9.54. The van der Waals surface area contributed by atoms with Gasteiger partial charge < -0.3 is 4.98 Å². The maximum absolute atomic E-state index is 11.6. The third-order valence-corrected chi connectivity index (χ3v) is 3.82. The van der Waals surface area contributed by atoms with E-state index >= 15 is 0 Å². The number of H-pyrrole nitrogens is 1. The molecule has 0 bridgehead atoms. The molecule has 2 rings (SSSR count). The first kappa shape index (κ1) is 12.8. The number of carbonyl (C=O) groups excluding carboxylic acids is 1. The van der Waals surface area contributed by atoms with Gasteiger partial charge in [-0.2, -0.15) is 0 Å². The summed E-state index contributed by atoms with van der Waals surface area (Å²) in [6.07, 6.45) is 4.81. The Morgan fingerprint density at radius 1 is 1.39 bits per heavy atom. The van der Waals surface area contributed by atoms with Crippen molar-refractivity contribution in [1.29, 1.82) is 0 Å². The highest BCUT2D eigenvalue weighted by atomic mass is 32.2. The summed E-state index contributed by atoms with van der Waals surface area (Å²) < 4.78 is 11.2. The number of anilines is 1. The van der Waals surface area contributed by atoms with Crippen LogP contribution < -0.4 is 5.32 Å². The van der Waals surface area contributed by atoms with Gasteiger partial charge in [-0.25, -0.2) is 4.98 Å². The fourth-order valence-corrected chi connectivity index (χ4v) is 2.42. The molecule has 0 fully saturated rings. The molecule has 1 heterocycles. The second-order valence-electron chi connectivity index (χ2n) is 3.38. The van der Waals surface area contributed by atoms with E-state index in [9.17, 15) is 9.00 Å².